The van der Waals surface area contributed by atoms with Crippen LogP contribution in [0.15, 0.2) is 152 Å². The van der Waals surface area contributed by atoms with E-state index in [-0.39, 0.29) is 34.0 Å². The second-order valence-corrected chi connectivity index (χ2v) is 27.5. The molecule has 1 heterocycles. The lowest BCUT2D eigenvalue weighted by Gasteiger charge is -2.46. The molecule has 7 heteroatoms. The van der Waals surface area contributed by atoms with Crippen molar-refractivity contribution in [3.63, 3.8) is 0 Å². The quantitative estimate of drug-likeness (QED) is 0.0577. The minimum absolute atomic E-state index is 0.0716. The predicted octanol–water partition coefficient (Wildman–Crippen LogP) is 10.0. The summed E-state index contributed by atoms with van der Waals surface area (Å²) in [7, 11) is -5.64. The first-order valence-electron chi connectivity index (χ1n) is 22.2. The molecule has 318 valence electrons. The van der Waals surface area contributed by atoms with Crippen molar-refractivity contribution in [3.05, 3.63) is 157 Å². The normalized spacial score (nSPS) is 17.4. The third kappa shape index (κ3) is 10.9. The van der Waals surface area contributed by atoms with E-state index in [4.69, 9.17) is 18.3 Å². The van der Waals surface area contributed by atoms with Crippen LogP contribution in [0.3, 0.4) is 0 Å². The van der Waals surface area contributed by atoms with Gasteiger partial charge < -0.3 is 18.3 Å². The molecule has 1 saturated heterocycles. The lowest BCUT2D eigenvalue weighted by atomic mass is 9.99. The maximum absolute atomic E-state index is 13.6. The summed E-state index contributed by atoms with van der Waals surface area (Å²) in [6, 6.07) is 53.8. The minimum atomic E-state index is -2.90. The van der Waals surface area contributed by atoms with Crippen molar-refractivity contribution < 1.29 is 23.1 Å². The Kier molecular flexibility index (Phi) is 15.8. The molecule has 1 aliphatic rings. The lowest BCUT2D eigenvalue weighted by molar-refractivity contribution is -0.123. The molecular weight excluding hydrogens is 773 g/mol. The number of rotatable bonds is 20. The molecule has 4 atom stereocenters. The molecule has 60 heavy (non-hydrogen) atoms. The number of carbonyl (C=O) groups is 1. The van der Waals surface area contributed by atoms with Crippen LogP contribution in [0, 0.1) is 5.92 Å². The summed E-state index contributed by atoms with van der Waals surface area (Å²) in [6.07, 6.45) is 3.67. The fraction of sp³-hybridized carbons (Fsp3) is 0.415. The second-order valence-electron chi connectivity index (χ2n) is 18.9. The van der Waals surface area contributed by atoms with E-state index in [1.54, 1.807) is 0 Å². The van der Waals surface area contributed by atoms with E-state index in [1.165, 1.54) is 26.3 Å². The summed E-state index contributed by atoms with van der Waals surface area (Å²) in [5, 5.41) is 4.77. The van der Waals surface area contributed by atoms with Gasteiger partial charge in [0.15, 0.2) is 5.78 Å². The van der Waals surface area contributed by atoms with Crippen molar-refractivity contribution in [2.24, 2.45) is 5.92 Å². The zero-order valence-electron chi connectivity index (χ0n) is 37.1. The number of carbonyl (C=O) groups excluding carboxylic acids is 1. The molecule has 0 aromatic heterocycles. The van der Waals surface area contributed by atoms with Crippen LogP contribution in [0.2, 0.25) is 10.1 Å². The molecule has 0 aliphatic carbocycles. The third-order valence-corrected chi connectivity index (χ3v) is 22.3. The predicted molar refractivity (Wildman–Crippen MR) is 253 cm³/mol. The van der Waals surface area contributed by atoms with Crippen LogP contribution in [0.4, 0.5) is 0 Å². The molecular formula is C53H68O5Si2. The number of hydrogen-bond donors (Lipinski definition) is 0. The molecule has 5 nitrogen and oxygen atoms in total. The van der Waals surface area contributed by atoms with Crippen LogP contribution in [-0.4, -0.2) is 53.9 Å². The lowest BCUT2D eigenvalue weighted by Crippen LogP contribution is -2.68. The Morgan fingerprint density at radius 3 is 1.55 bits per heavy atom. The van der Waals surface area contributed by atoms with Crippen molar-refractivity contribution in [1.29, 1.82) is 0 Å². The summed E-state index contributed by atoms with van der Waals surface area (Å²) in [5.41, 5.74) is 1.17. The largest absolute Gasteiger partial charge is 0.407 e. The van der Waals surface area contributed by atoms with Gasteiger partial charge in [0, 0.05) is 25.7 Å². The minimum Gasteiger partial charge on any atom is -0.407 e. The van der Waals surface area contributed by atoms with Gasteiger partial charge in [0.25, 0.3) is 16.6 Å². The zero-order chi connectivity index (χ0) is 42.6. The first-order chi connectivity index (χ1) is 28.8. The van der Waals surface area contributed by atoms with E-state index >= 15 is 0 Å². The van der Waals surface area contributed by atoms with Gasteiger partial charge in [0.1, 0.15) is 6.10 Å². The maximum atomic E-state index is 13.6. The molecule has 5 aromatic carbocycles. The van der Waals surface area contributed by atoms with Crippen LogP contribution in [-0.2, 0) is 29.7 Å². The van der Waals surface area contributed by atoms with Gasteiger partial charge in [-0.3, -0.25) is 4.79 Å². The van der Waals surface area contributed by atoms with Crippen molar-refractivity contribution in [2.45, 2.75) is 122 Å². The van der Waals surface area contributed by atoms with Crippen LogP contribution in [0.1, 0.15) is 92.6 Å². The Labute approximate surface area is 363 Å². The van der Waals surface area contributed by atoms with E-state index in [0.717, 1.165) is 25.7 Å². The highest BCUT2D eigenvalue weighted by Gasteiger charge is 2.53. The molecule has 6 rings (SSSR count). The highest BCUT2D eigenvalue weighted by atomic mass is 28.4. The summed E-state index contributed by atoms with van der Waals surface area (Å²) < 4.78 is 27.8. The zero-order valence-corrected chi connectivity index (χ0v) is 39.1. The Hall–Kier alpha value is -3.96. The highest BCUT2D eigenvalue weighted by Crippen LogP contribution is 2.40. The fourth-order valence-electron chi connectivity index (χ4n) is 9.34. The van der Waals surface area contributed by atoms with E-state index in [9.17, 15) is 4.79 Å². The maximum Gasteiger partial charge on any atom is 0.261 e. The molecule has 5 aromatic rings. The van der Waals surface area contributed by atoms with E-state index in [1.807, 2.05) is 18.2 Å². The Morgan fingerprint density at radius 2 is 1.08 bits per heavy atom. The van der Waals surface area contributed by atoms with E-state index in [2.05, 4.69) is 182 Å². The summed E-state index contributed by atoms with van der Waals surface area (Å²) in [5.74, 6) is 0.385. The summed E-state index contributed by atoms with van der Waals surface area (Å²) in [4.78, 5) is 13.6. The van der Waals surface area contributed by atoms with Gasteiger partial charge >= 0.3 is 0 Å². The average molecular weight is 841 g/mol. The monoisotopic (exact) mass is 840 g/mol. The average Bonchev–Trinajstić information content (AvgIpc) is 3.61. The molecule has 0 saturated carbocycles. The Morgan fingerprint density at radius 1 is 0.633 bits per heavy atom. The van der Waals surface area contributed by atoms with Gasteiger partial charge in [-0.1, -0.05) is 200 Å². The molecule has 0 radical (unpaired) electrons. The van der Waals surface area contributed by atoms with Crippen molar-refractivity contribution in [3.8, 4) is 0 Å². The molecule has 0 N–H and O–H groups in total. The number of hydrogen-bond acceptors (Lipinski definition) is 5. The molecule has 1 fully saturated rings. The van der Waals surface area contributed by atoms with Crippen LogP contribution >= 0.6 is 0 Å². The van der Waals surface area contributed by atoms with Crippen molar-refractivity contribution in [2.75, 3.05) is 13.2 Å². The number of ketones is 1. The molecule has 0 unspecified atom stereocenters. The molecule has 0 amide bonds. The first-order valence-corrected chi connectivity index (χ1v) is 26.0. The Balaban J connectivity index is 1.24. The molecule has 0 spiro atoms. The van der Waals surface area contributed by atoms with Gasteiger partial charge in [-0.15, -0.1) is 0 Å². The first kappa shape index (κ1) is 45.6. The summed E-state index contributed by atoms with van der Waals surface area (Å²) >= 11 is 0. The molecule has 1 aliphatic heterocycles. The van der Waals surface area contributed by atoms with Crippen LogP contribution in [0.25, 0.3) is 0 Å². The fourth-order valence-corrected chi connectivity index (χ4v) is 18.8. The van der Waals surface area contributed by atoms with E-state index < -0.39 is 22.7 Å². The summed E-state index contributed by atoms with van der Waals surface area (Å²) in [6.45, 7) is 18.2. The Bertz CT molecular complexity index is 1940. The SMILES string of the molecule is C[C@@H](CO[Si](c1ccccc1)(c1ccccc1)C(C)(C)C)C[C@@H](CC[C@@H]1O[C@@H](CCCOCc2ccccc2)CC1=O)O[Si](c1ccccc1)(c1ccccc1)C(C)(C)C. The topological polar surface area (TPSA) is 54.0 Å². The number of Topliss-reactive ketones (excluding diaryl/α,β-unsaturated/α-hetero) is 1. The molecule has 0 bridgehead atoms. The van der Waals surface area contributed by atoms with E-state index in [0.29, 0.717) is 32.7 Å². The van der Waals surface area contributed by atoms with Gasteiger partial charge in [-0.25, -0.2) is 0 Å². The van der Waals surface area contributed by atoms with Crippen LogP contribution < -0.4 is 20.7 Å². The second kappa shape index (κ2) is 20.7. The van der Waals surface area contributed by atoms with Gasteiger partial charge in [0.2, 0.25) is 0 Å². The van der Waals surface area contributed by atoms with Gasteiger partial charge in [0.05, 0.1) is 12.7 Å². The number of ether oxygens (including phenoxy) is 2. The number of benzene rings is 5. The standard InChI is InChI=1S/C53H68O5Si2/c1-42(40-56-59(52(2,3)4,46-27-15-9-16-28-46)47-29-17-10-18-30-47)38-45(58-60(53(5,6)7,48-31-19-11-20-32-48)49-33-21-12-22-34-49)35-36-51-50(54)39-44(57-51)26-23-37-55-41-43-24-13-8-14-25-43/h8-22,24-25,27-34,42,44-45,51H,23,26,35-41H2,1-7H3/t42-,44+,45-,51+/m1/s1. The highest BCUT2D eigenvalue weighted by molar-refractivity contribution is 7.00. The smallest absolute Gasteiger partial charge is 0.261 e. The van der Waals surface area contributed by atoms with Gasteiger partial charge in [-0.2, -0.15) is 0 Å². The van der Waals surface area contributed by atoms with Crippen LogP contribution in [0.5, 0.6) is 0 Å². The third-order valence-electron chi connectivity index (χ3n) is 12.2. The van der Waals surface area contributed by atoms with Crippen molar-refractivity contribution >= 4 is 43.2 Å². The van der Waals surface area contributed by atoms with Gasteiger partial charge in [-0.05, 0) is 74.4 Å². The van der Waals surface area contributed by atoms with Crippen molar-refractivity contribution in [1.82, 2.24) is 0 Å².